The molecule has 1 aliphatic heterocycles. The normalized spacial score (nSPS) is 16.4. The van der Waals surface area contributed by atoms with E-state index in [2.05, 4.69) is 15.9 Å². The van der Waals surface area contributed by atoms with Gasteiger partial charge in [-0.25, -0.2) is 0 Å². The number of fused-ring (bicyclic) bond motifs is 1. The van der Waals surface area contributed by atoms with Crippen LogP contribution in [0.2, 0.25) is 5.02 Å². The monoisotopic (exact) mass is 511 g/mol. The summed E-state index contributed by atoms with van der Waals surface area (Å²) in [5.41, 5.74) is 1.60. The molecule has 3 heterocycles. The molecule has 0 radical (unpaired) electrons. The van der Waals surface area contributed by atoms with Gasteiger partial charge in [0.2, 0.25) is 5.78 Å². The number of hydrogen-bond donors (Lipinski definition) is 1. The van der Waals surface area contributed by atoms with Gasteiger partial charge in [-0.05, 0) is 61.0 Å². The second kappa shape index (κ2) is 7.69. The molecule has 1 N–H and O–H groups in total. The summed E-state index contributed by atoms with van der Waals surface area (Å²) in [5, 5.41) is 11.9. The number of hydrogen-bond acceptors (Lipinski definition) is 5. The van der Waals surface area contributed by atoms with E-state index in [1.54, 1.807) is 48.5 Å². The third kappa shape index (κ3) is 3.25. The number of halogens is 2. The van der Waals surface area contributed by atoms with Crippen LogP contribution in [0.25, 0.3) is 11.0 Å². The van der Waals surface area contributed by atoms with E-state index in [4.69, 9.17) is 20.4 Å². The first-order valence-corrected chi connectivity index (χ1v) is 10.8. The maximum atomic E-state index is 13.5. The number of aliphatic hydroxyl groups is 1. The molecular formula is C24H15BrClNO5. The predicted molar refractivity (Wildman–Crippen MR) is 123 cm³/mol. The number of furan rings is 2. The van der Waals surface area contributed by atoms with Crippen LogP contribution in [-0.2, 0) is 4.79 Å². The van der Waals surface area contributed by atoms with Gasteiger partial charge in [0.05, 0.1) is 11.8 Å². The van der Waals surface area contributed by atoms with Gasteiger partial charge >= 0.3 is 0 Å². The number of carbonyl (C=O) groups excluding carboxylic acids is 2. The molecule has 0 fully saturated rings. The topological polar surface area (TPSA) is 83.9 Å². The predicted octanol–water partition coefficient (Wildman–Crippen LogP) is 6.53. The number of ketones is 1. The van der Waals surface area contributed by atoms with Crippen LogP contribution in [-0.4, -0.2) is 16.8 Å². The minimum atomic E-state index is -0.984. The van der Waals surface area contributed by atoms with E-state index >= 15 is 0 Å². The Labute approximate surface area is 195 Å². The number of rotatable bonds is 4. The quantitative estimate of drug-likeness (QED) is 0.314. The lowest BCUT2D eigenvalue weighted by Crippen LogP contribution is -2.31. The van der Waals surface area contributed by atoms with Crippen LogP contribution < -0.4 is 4.90 Å². The van der Waals surface area contributed by atoms with Gasteiger partial charge in [0.1, 0.15) is 17.4 Å². The molecule has 0 saturated heterocycles. The van der Waals surface area contributed by atoms with Crippen molar-refractivity contribution in [2.45, 2.75) is 13.0 Å². The van der Waals surface area contributed by atoms with Crippen molar-refractivity contribution in [3.05, 3.63) is 98.8 Å². The van der Waals surface area contributed by atoms with Crippen molar-refractivity contribution in [3.8, 4) is 0 Å². The van der Waals surface area contributed by atoms with Crippen molar-refractivity contribution in [2.75, 3.05) is 4.90 Å². The lowest BCUT2D eigenvalue weighted by molar-refractivity contribution is -0.117. The first-order chi connectivity index (χ1) is 15.3. The number of carbonyl (C=O) groups is 2. The van der Waals surface area contributed by atoms with E-state index in [1.165, 1.54) is 11.2 Å². The molecule has 1 aliphatic rings. The molecule has 0 bridgehead atoms. The van der Waals surface area contributed by atoms with E-state index in [0.717, 1.165) is 10.0 Å². The van der Waals surface area contributed by atoms with Gasteiger partial charge in [0.25, 0.3) is 5.91 Å². The van der Waals surface area contributed by atoms with Crippen molar-refractivity contribution >= 4 is 55.9 Å². The van der Waals surface area contributed by atoms with Crippen LogP contribution in [0.1, 0.15) is 27.9 Å². The van der Waals surface area contributed by atoms with E-state index in [1.807, 2.05) is 13.0 Å². The summed E-state index contributed by atoms with van der Waals surface area (Å²) >= 11 is 9.58. The lowest BCUT2D eigenvalue weighted by Gasteiger charge is -2.26. The van der Waals surface area contributed by atoms with Gasteiger partial charge in [-0.2, -0.15) is 0 Å². The van der Waals surface area contributed by atoms with Gasteiger partial charge in [0, 0.05) is 20.6 Å². The smallest absolute Gasteiger partial charge is 0.294 e. The summed E-state index contributed by atoms with van der Waals surface area (Å²) in [6, 6.07) is 14.3. The highest BCUT2D eigenvalue weighted by Crippen LogP contribution is 2.44. The minimum Gasteiger partial charge on any atom is -0.503 e. The Bertz CT molecular complexity index is 1420. The van der Waals surface area contributed by atoms with E-state index in [0.29, 0.717) is 27.4 Å². The Hall–Kier alpha value is -3.29. The molecular weight excluding hydrogens is 498 g/mol. The second-order valence-electron chi connectivity index (χ2n) is 7.41. The fourth-order valence-electron chi connectivity index (χ4n) is 3.90. The molecule has 2 aromatic carbocycles. The highest BCUT2D eigenvalue weighted by molar-refractivity contribution is 9.10. The average Bonchev–Trinajstić information content (AvgIpc) is 3.48. The van der Waals surface area contributed by atoms with Crippen LogP contribution in [0.3, 0.4) is 0 Å². The minimum absolute atomic E-state index is 0.00803. The largest absolute Gasteiger partial charge is 0.503 e. The Morgan fingerprint density at radius 3 is 2.72 bits per heavy atom. The zero-order valence-electron chi connectivity index (χ0n) is 16.6. The number of aliphatic hydroxyl groups excluding tert-OH is 1. The van der Waals surface area contributed by atoms with Gasteiger partial charge in [-0.1, -0.05) is 33.6 Å². The molecule has 0 saturated carbocycles. The van der Waals surface area contributed by atoms with Crippen LogP contribution in [0, 0.1) is 6.92 Å². The number of amides is 1. The number of benzene rings is 2. The summed E-state index contributed by atoms with van der Waals surface area (Å²) in [6.07, 6.45) is 1.44. The molecule has 0 aliphatic carbocycles. The molecule has 5 rings (SSSR count). The van der Waals surface area contributed by atoms with E-state index < -0.39 is 23.5 Å². The van der Waals surface area contributed by atoms with Crippen molar-refractivity contribution in [2.24, 2.45) is 0 Å². The zero-order valence-corrected chi connectivity index (χ0v) is 19.0. The number of Topliss-reactive ketones (excluding diaryl/α,β-unsaturated/α-hetero) is 1. The van der Waals surface area contributed by atoms with Gasteiger partial charge in [0.15, 0.2) is 11.5 Å². The Balaban J connectivity index is 1.66. The molecule has 1 unspecified atom stereocenters. The SMILES string of the molecule is Cc1ccc(Cl)cc1N1C(=O)C(O)=C(C(=O)c2cc3cc(Br)ccc3o2)C1c1ccco1. The van der Waals surface area contributed by atoms with Crippen LogP contribution in [0.15, 0.2) is 85.5 Å². The highest BCUT2D eigenvalue weighted by Gasteiger charge is 2.47. The third-order valence-corrected chi connectivity index (χ3v) is 6.13. The maximum Gasteiger partial charge on any atom is 0.294 e. The van der Waals surface area contributed by atoms with Crippen LogP contribution >= 0.6 is 27.5 Å². The van der Waals surface area contributed by atoms with Crippen molar-refractivity contribution < 1.29 is 23.5 Å². The molecule has 1 atom stereocenters. The number of anilines is 1. The summed E-state index contributed by atoms with van der Waals surface area (Å²) in [7, 11) is 0. The molecule has 1 amide bonds. The van der Waals surface area contributed by atoms with Crippen molar-refractivity contribution in [3.63, 3.8) is 0 Å². The zero-order chi connectivity index (χ0) is 22.6. The Kier molecular flexibility index (Phi) is 4.95. The standard InChI is InChI=1S/C24H15BrClNO5/c1-12-4-6-15(26)11-16(12)27-21(18-3-2-8-31-18)20(23(29)24(27)30)22(28)19-10-13-9-14(25)5-7-17(13)32-19/h2-11,21,29H,1H3. The fraction of sp³-hybridized carbons (Fsp3) is 0.0833. The molecule has 0 spiro atoms. The number of aryl methyl sites for hydroxylation is 1. The highest BCUT2D eigenvalue weighted by atomic mass is 79.9. The molecule has 160 valence electrons. The maximum absolute atomic E-state index is 13.5. The molecule has 32 heavy (non-hydrogen) atoms. The van der Waals surface area contributed by atoms with Gasteiger partial charge in [-0.3, -0.25) is 14.5 Å². The molecule has 8 heteroatoms. The fourth-order valence-corrected chi connectivity index (χ4v) is 4.45. The summed E-state index contributed by atoms with van der Waals surface area (Å²) in [6.45, 7) is 1.81. The molecule has 2 aromatic heterocycles. The summed E-state index contributed by atoms with van der Waals surface area (Å²) in [4.78, 5) is 28.0. The first kappa shape index (κ1) is 20.6. The molecule has 6 nitrogen and oxygen atoms in total. The Morgan fingerprint density at radius 1 is 1.16 bits per heavy atom. The van der Waals surface area contributed by atoms with Gasteiger partial charge in [-0.15, -0.1) is 0 Å². The van der Waals surface area contributed by atoms with Crippen LogP contribution in [0.4, 0.5) is 5.69 Å². The van der Waals surface area contributed by atoms with Crippen molar-refractivity contribution in [1.29, 1.82) is 0 Å². The summed E-state index contributed by atoms with van der Waals surface area (Å²) in [5.74, 6) is -1.65. The molecule has 4 aromatic rings. The first-order valence-electron chi connectivity index (χ1n) is 9.65. The van der Waals surface area contributed by atoms with Gasteiger partial charge < -0.3 is 13.9 Å². The lowest BCUT2D eigenvalue weighted by atomic mass is 9.99. The third-order valence-electron chi connectivity index (χ3n) is 5.40. The van der Waals surface area contributed by atoms with E-state index in [-0.39, 0.29) is 11.3 Å². The van der Waals surface area contributed by atoms with Crippen LogP contribution in [0.5, 0.6) is 0 Å². The van der Waals surface area contributed by atoms with E-state index in [9.17, 15) is 14.7 Å². The second-order valence-corrected chi connectivity index (χ2v) is 8.76. The summed E-state index contributed by atoms with van der Waals surface area (Å²) < 4.78 is 12.1. The average molecular weight is 513 g/mol. The number of nitrogens with zero attached hydrogens (tertiary/aromatic N) is 1. The van der Waals surface area contributed by atoms with Crippen molar-refractivity contribution in [1.82, 2.24) is 0 Å². The Morgan fingerprint density at radius 2 is 1.97 bits per heavy atom.